The molecule has 0 saturated carbocycles. The first kappa shape index (κ1) is 14.3. The quantitative estimate of drug-likeness (QED) is 0.524. The lowest BCUT2D eigenvalue weighted by molar-refractivity contribution is -0.122. The molecule has 0 heterocycles. The molecule has 0 bridgehead atoms. The molecule has 5 N–H and O–H groups in total. The average molecular weight is 247 g/mol. The lowest BCUT2D eigenvalue weighted by Crippen LogP contribution is -2.39. The Labute approximate surface area is 108 Å². The van der Waals surface area contributed by atoms with Gasteiger partial charge in [-0.2, -0.15) is 0 Å². The minimum atomic E-state index is -0.534. The summed E-state index contributed by atoms with van der Waals surface area (Å²) in [5.41, 5.74) is 14.5. The van der Waals surface area contributed by atoms with Crippen molar-refractivity contribution in [3.8, 4) is 0 Å². The second kappa shape index (κ2) is 6.81. The normalized spacial score (nSPS) is 11.9. The molecule has 98 valence electrons. The van der Waals surface area contributed by atoms with E-state index >= 15 is 0 Å². The molecule has 1 aromatic carbocycles. The fourth-order valence-corrected chi connectivity index (χ4v) is 1.85. The maximum absolute atomic E-state index is 11.7. The highest BCUT2D eigenvalue weighted by molar-refractivity contribution is 5.81. The van der Waals surface area contributed by atoms with Gasteiger partial charge in [0.1, 0.15) is 0 Å². The zero-order valence-electron chi connectivity index (χ0n) is 10.8. The predicted octanol–water partition coefficient (Wildman–Crippen LogP) is 1.35. The number of anilines is 1. The van der Waals surface area contributed by atoms with Gasteiger partial charge < -0.3 is 16.8 Å². The summed E-state index contributed by atoms with van der Waals surface area (Å²) >= 11 is 0. The third-order valence-corrected chi connectivity index (χ3v) is 2.87. The van der Waals surface area contributed by atoms with E-state index < -0.39 is 6.04 Å². The van der Waals surface area contributed by atoms with E-state index in [4.69, 9.17) is 11.5 Å². The predicted molar refractivity (Wildman–Crippen MR) is 74.9 cm³/mol. The van der Waals surface area contributed by atoms with Gasteiger partial charge in [0.15, 0.2) is 0 Å². The first-order chi connectivity index (χ1) is 8.60. The standard InChI is InChI=1S/C14H21N3O/c1-3-6-13(16)14(18)17-9-10-7-5-8-12(15)11(10)4-2/h3,5,7-8,13H,1,4,6,9,15-16H2,2H3,(H,17,18)/t13-/m0/s1. The Kier molecular flexibility index (Phi) is 5.39. The molecular weight excluding hydrogens is 226 g/mol. The third-order valence-electron chi connectivity index (χ3n) is 2.87. The fourth-order valence-electron chi connectivity index (χ4n) is 1.85. The van der Waals surface area contributed by atoms with Crippen molar-refractivity contribution in [3.05, 3.63) is 42.0 Å². The van der Waals surface area contributed by atoms with Gasteiger partial charge in [-0.15, -0.1) is 6.58 Å². The van der Waals surface area contributed by atoms with Crippen LogP contribution in [0.25, 0.3) is 0 Å². The number of nitrogen functional groups attached to an aromatic ring is 1. The second-order valence-electron chi connectivity index (χ2n) is 4.19. The largest absolute Gasteiger partial charge is 0.398 e. The van der Waals surface area contributed by atoms with Crippen LogP contribution in [0.2, 0.25) is 0 Å². The Bertz CT molecular complexity index is 429. The molecule has 0 radical (unpaired) electrons. The molecule has 0 aliphatic rings. The van der Waals surface area contributed by atoms with Gasteiger partial charge in [0, 0.05) is 12.2 Å². The number of carbonyl (C=O) groups excluding carboxylic acids is 1. The lowest BCUT2D eigenvalue weighted by Gasteiger charge is -2.13. The number of hydrogen-bond acceptors (Lipinski definition) is 3. The Hall–Kier alpha value is -1.81. The molecule has 1 amide bonds. The van der Waals surface area contributed by atoms with Gasteiger partial charge in [0.05, 0.1) is 6.04 Å². The number of benzene rings is 1. The molecule has 0 fully saturated rings. The molecule has 0 spiro atoms. The highest BCUT2D eigenvalue weighted by atomic mass is 16.2. The summed E-state index contributed by atoms with van der Waals surface area (Å²) in [6.07, 6.45) is 2.96. The summed E-state index contributed by atoms with van der Waals surface area (Å²) in [6.45, 7) is 6.06. The first-order valence-corrected chi connectivity index (χ1v) is 6.10. The molecule has 4 nitrogen and oxygen atoms in total. The highest BCUT2D eigenvalue weighted by Crippen LogP contribution is 2.17. The second-order valence-corrected chi connectivity index (χ2v) is 4.19. The SMILES string of the molecule is C=CC[C@H](N)C(=O)NCc1cccc(N)c1CC. The third kappa shape index (κ3) is 3.60. The number of nitrogens with one attached hydrogen (secondary N) is 1. The van der Waals surface area contributed by atoms with Crippen LogP contribution in [0.15, 0.2) is 30.9 Å². The van der Waals surface area contributed by atoms with E-state index in [1.807, 2.05) is 25.1 Å². The van der Waals surface area contributed by atoms with Gasteiger partial charge in [-0.3, -0.25) is 4.79 Å². The lowest BCUT2D eigenvalue weighted by atomic mass is 10.0. The van der Waals surface area contributed by atoms with E-state index in [1.165, 1.54) is 0 Å². The van der Waals surface area contributed by atoms with Crippen molar-refractivity contribution in [2.75, 3.05) is 5.73 Å². The zero-order chi connectivity index (χ0) is 13.5. The summed E-state index contributed by atoms with van der Waals surface area (Å²) in [5, 5.41) is 2.82. The van der Waals surface area contributed by atoms with Crippen molar-refractivity contribution < 1.29 is 4.79 Å². The molecule has 4 heteroatoms. The van der Waals surface area contributed by atoms with Crippen molar-refractivity contribution in [2.24, 2.45) is 5.73 Å². The molecule has 0 aliphatic heterocycles. The summed E-state index contributed by atoms with van der Waals surface area (Å²) in [6, 6.07) is 5.19. The molecule has 0 aliphatic carbocycles. The number of nitrogens with two attached hydrogens (primary N) is 2. The van der Waals surface area contributed by atoms with Crippen LogP contribution < -0.4 is 16.8 Å². The Balaban J connectivity index is 2.66. The Morgan fingerprint density at radius 1 is 1.56 bits per heavy atom. The summed E-state index contributed by atoms with van der Waals surface area (Å²) in [5.74, 6) is -0.167. The average Bonchev–Trinajstić information content (AvgIpc) is 2.36. The highest BCUT2D eigenvalue weighted by Gasteiger charge is 2.12. The molecule has 1 atom stereocenters. The van der Waals surface area contributed by atoms with E-state index in [0.29, 0.717) is 13.0 Å². The van der Waals surface area contributed by atoms with Crippen LogP contribution in [0.3, 0.4) is 0 Å². The van der Waals surface area contributed by atoms with Gasteiger partial charge in [-0.25, -0.2) is 0 Å². The van der Waals surface area contributed by atoms with Gasteiger partial charge in [-0.1, -0.05) is 25.1 Å². The monoisotopic (exact) mass is 247 g/mol. The molecule has 0 unspecified atom stereocenters. The molecule has 1 aromatic rings. The molecular formula is C14H21N3O. The number of rotatable bonds is 6. The summed E-state index contributed by atoms with van der Waals surface area (Å²) in [7, 11) is 0. The fraction of sp³-hybridized carbons (Fsp3) is 0.357. The van der Waals surface area contributed by atoms with E-state index in [2.05, 4.69) is 11.9 Å². The van der Waals surface area contributed by atoms with Crippen LogP contribution in [0.5, 0.6) is 0 Å². The smallest absolute Gasteiger partial charge is 0.237 e. The van der Waals surface area contributed by atoms with Crippen molar-refractivity contribution >= 4 is 11.6 Å². The van der Waals surface area contributed by atoms with Crippen LogP contribution in [-0.4, -0.2) is 11.9 Å². The Morgan fingerprint density at radius 3 is 2.89 bits per heavy atom. The number of hydrogen-bond donors (Lipinski definition) is 3. The number of amides is 1. The Morgan fingerprint density at radius 2 is 2.28 bits per heavy atom. The van der Waals surface area contributed by atoms with E-state index in [1.54, 1.807) is 6.08 Å². The zero-order valence-corrected chi connectivity index (χ0v) is 10.8. The first-order valence-electron chi connectivity index (χ1n) is 6.10. The van der Waals surface area contributed by atoms with Gasteiger partial charge >= 0.3 is 0 Å². The van der Waals surface area contributed by atoms with Crippen LogP contribution >= 0.6 is 0 Å². The number of carbonyl (C=O) groups is 1. The van der Waals surface area contributed by atoms with Gasteiger partial charge in [0.2, 0.25) is 5.91 Å². The molecule has 0 saturated heterocycles. The summed E-state index contributed by atoms with van der Waals surface area (Å²) < 4.78 is 0. The molecule has 1 rings (SSSR count). The maximum Gasteiger partial charge on any atom is 0.237 e. The van der Waals surface area contributed by atoms with Crippen molar-refractivity contribution in [1.82, 2.24) is 5.32 Å². The van der Waals surface area contributed by atoms with E-state index in [-0.39, 0.29) is 5.91 Å². The minimum Gasteiger partial charge on any atom is -0.398 e. The van der Waals surface area contributed by atoms with Gasteiger partial charge in [-0.05, 0) is 30.0 Å². The van der Waals surface area contributed by atoms with Gasteiger partial charge in [0.25, 0.3) is 0 Å². The maximum atomic E-state index is 11.7. The van der Waals surface area contributed by atoms with Crippen LogP contribution in [0, 0.1) is 0 Å². The van der Waals surface area contributed by atoms with Crippen molar-refractivity contribution in [2.45, 2.75) is 32.4 Å². The van der Waals surface area contributed by atoms with Crippen LogP contribution in [-0.2, 0) is 17.8 Å². The van der Waals surface area contributed by atoms with E-state index in [9.17, 15) is 4.79 Å². The summed E-state index contributed by atoms with van der Waals surface area (Å²) in [4.78, 5) is 11.7. The van der Waals surface area contributed by atoms with Crippen molar-refractivity contribution in [3.63, 3.8) is 0 Å². The van der Waals surface area contributed by atoms with Crippen LogP contribution in [0.4, 0.5) is 5.69 Å². The molecule has 18 heavy (non-hydrogen) atoms. The topological polar surface area (TPSA) is 81.1 Å². The minimum absolute atomic E-state index is 0.167. The van der Waals surface area contributed by atoms with Crippen molar-refractivity contribution in [1.29, 1.82) is 0 Å². The van der Waals surface area contributed by atoms with Crippen LogP contribution in [0.1, 0.15) is 24.5 Å². The van der Waals surface area contributed by atoms with E-state index in [0.717, 1.165) is 23.2 Å². The molecule has 0 aromatic heterocycles.